The molecule has 0 fully saturated rings. The van der Waals surface area contributed by atoms with Gasteiger partial charge in [-0.3, -0.25) is 0 Å². The molecule has 0 radical (unpaired) electrons. The van der Waals surface area contributed by atoms with Crippen LogP contribution in [-0.4, -0.2) is 15.0 Å². The number of hydrogen-bond donors (Lipinski definition) is 2. The second kappa shape index (κ2) is 4.32. The molecule has 0 amide bonds. The van der Waals surface area contributed by atoms with Gasteiger partial charge in [-0.15, -0.1) is 0 Å². The second-order valence-corrected chi connectivity index (χ2v) is 3.28. The number of aromatic nitrogens is 3. The monoisotopic (exact) mass is 198 g/mol. The molecule has 13 heavy (non-hydrogen) atoms. The van der Waals surface area contributed by atoms with Crippen LogP contribution in [0.3, 0.4) is 0 Å². The molecule has 0 bridgehead atoms. The summed E-state index contributed by atoms with van der Waals surface area (Å²) in [4.78, 5) is 10.9. The molecule has 1 aromatic rings. The minimum atomic E-state index is 0.318. The van der Waals surface area contributed by atoms with E-state index in [0.29, 0.717) is 16.6 Å². The van der Waals surface area contributed by atoms with Crippen molar-refractivity contribution in [2.24, 2.45) is 0 Å². The first-order valence-corrected chi connectivity index (χ1v) is 4.81. The lowest BCUT2D eigenvalue weighted by molar-refractivity contribution is 0.598. The highest BCUT2D eigenvalue weighted by atomic mass is 32.1. The molecule has 1 rings (SSSR count). The number of anilines is 1. The maximum absolute atomic E-state index is 5.53. The van der Waals surface area contributed by atoms with Crippen molar-refractivity contribution >= 4 is 18.2 Å². The van der Waals surface area contributed by atoms with E-state index in [1.54, 1.807) is 0 Å². The third-order valence-corrected chi connectivity index (χ3v) is 2.24. The normalized spacial score (nSPS) is 10.7. The SMILES string of the molecule is CCC(CC)c1nc(=S)nc(N)[nH]1. The number of hydrogen-bond acceptors (Lipinski definition) is 4. The Morgan fingerprint density at radius 1 is 1.38 bits per heavy atom. The van der Waals surface area contributed by atoms with Crippen molar-refractivity contribution in [3.8, 4) is 0 Å². The van der Waals surface area contributed by atoms with Crippen molar-refractivity contribution in [1.82, 2.24) is 15.0 Å². The summed E-state index contributed by atoms with van der Waals surface area (Å²) in [5.74, 6) is 1.59. The highest BCUT2D eigenvalue weighted by Crippen LogP contribution is 2.18. The lowest BCUT2D eigenvalue weighted by Crippen LogP contribution is -2.07. The van der Waals surface area contributed by atoms with E-state index in [4.69, 9.17) is 18.0 Å². The van der Waals surface area contributed by atoms with Crippen molar-refractivity contribution in [3.05, 3.63) is 10.6 Å². The summed E-state index contributed by atoms with van der Waals surface area (Å²) in [7, 11) is 0. The first-order valence-electron chi connectivity index (χ1n) is 4.41. The van der Waals surface area contributed by atoms with Crippen molar-refractivity contribution in [2.45, 2.75) is 32.6 Å². The minimum Gasteiger partial charge on any atom is -0.369 e. The molecule has 72 valence electrons. The van der Waals surface area contributed by atoms with E-state index >= 15 is 0 Å². The molecule has 0 saturated heterocycles. The van der Waals surface area contributed by atoms with Crippen molar-refractivity contribution in [3.63, 3.8) is 0 Å². The average molecular weight is 198 g/mol. The van der Waals surface area contributed by atoms with Gasteiger partial charge in [-0.2, -0.15) is 4.98 Å². The molecule has 1 aromatic heterocycles. The fourth-order valence-electron chi connectivity index (χ4n) is 1.29. The smallest absolute Gasteiger partial charge is 0.224 e. The Balaban J connectivity index is 3.06. The van der Waals surface area contributed by atoms with Crippen LogP contribution < -0.4 is 5.73 Å². The molecular weight excluding hydrogens is 184 g/mol. The van der Waals surface area contributed by atoms with Crippen LogP contribution in [0, 0.1) is 4.77 Å². The lowest BCUT2D eigenvalue weighted by atomic mass is 10.0. The number of nitrogens with two attached hydrogens (primary N) is 1. The Hall–Kier alpha value is -0.970. The molecule has 0 atom stereocenters. The first-order chi connectivity index (χ1) is 6.17. The van der Waals surface area contributed by atoms with E-state index in [-0.39, 0.29) is 0 Å². The van der Waals surface area contributed by atoms with Crippen LogP contribution in [0.1, 0.15) is 38.4 Å². The van der Waals surface area contributed by atoms with Gasteiger partial charge in [-0.1, -0.05) is 13.8 Å². The van der Waals surface area contributed by atoms with Crippen LogP contribution >= 0.6 is 12.2 Å². The zero-order valence-corrected chi connectivity index (χ0v) is 8.69. The van der Waals surface area contributed by atoms with Gasteiger partial charge in [0.25, 0.3) is 0 Å². The number of nitrogens with one attached hydrogen (secondary N) is 1. The zero-order valence-electron chi connectivity index (χ0n) is 7.87. The highest BCUT2D eigenvalue weighted by Gasteiger charge is 2.09. The van der Waals surface area contributed by atoms with Gasteiger partial charge in [-0.25, -0.2) is 4.98 Å². The molecule has 0 unspecified atom stereocenters. The fourth-order valence-corrected chi connectivity index (χ4v) is 1.48. The van der Waals surface area contributed by atoms with Gasteiger partial charge < -0.3 is 10.7 Å². The topological polar surface area (TPSA) is 67.6 Å². The maximum atomic E-state index is 5.53. The predicted molar refractivity (Wildman–Crippen MR) is 55.0 cm³/mol. The first kappa shape index (κ1) is 10.1. The molecule has 5 heteroatoms. The molecule has 0 spiro atoms. The van der Waals surface area contributed by atoms with E-state index in [1.807, 2.05) is 0 Å². The number of H-pyrrole nitrogens is 1. The molecule has 4 nitrogen and oxygen atoms in total. The lowest BCUT2D eigenvalue weighted by Gasteiger charge is -2.10. The quantitative estimate of drug-likeness (QED) is 0.729. The number of nitrogen functional groups attached to an aromatic ring is 1. The van der Waals surface area contributed by atoms with Gasteiger partial charge >= 0.3 is 0 Å². The van der Waals surface area contributed by atoms with E-state index in [2.05, 4.69) is 28.8 Å². The molecule has 0 aliphatic carbocycles. The summed E-state index contributed by atoms with van der Waals surface area (Å²) in [5.41, 5.74) is 5.53. The molecule has 0 saturated carbocycles. The van der Waals surface area contributed by atoms with Crippen LogP contribution in [0.5, 0.6) is 0 Å². The van der Waals surface area contributed by atoms with Crippen LogP contribution in [0.2, 0.25) is 0 Å². The Labute approximate surface area is 82.6 Å². The van der Waals surface area contributed by atoms with Crippen LogP contribution in [0.4, 0.5) is 5.95 Å². The van der Waals surface area contributed by atoms with Gasteiger partial charge in [-0.05, 0) is 25.1 Å². The van der Waals surface area contributed by atoms with Gasteiger partial charge in [0, 0.05) is 5.92 Å². The Kier molecular flexibility index (Phi) is 3.36. The van der Waals surface area contributed by atoms with Gasteiger partial charge in [0.1, 0.15) is 5.82 Å². The van der Waals surface area contributed by atoms with Gasteiger partial charge in [0.05, 0.1) is 0 Å². The summed E-state index contributed by atoms with van der Waals surface area (Å²) < 4.78 is 0.318. The average Bonchev–Trinajstić information content (AvgIpc) is 2.04. The van der Waals surface area contributed by atoms with E-state index < -0.39 is 0 Å². The Morgan fingerprint density at radius 2 is 2.00 bits per heavy atom. The van der Waals surface area contributed by atoms with Crippen LogP contribution in [0.25, 0.3) is 0 Å². The zero-order chi connectivity index (χ0) is 9.84. The summed E-state index contributed by atoms with van der Waals surface area (Å²) in [6.45, 7) is 4.23. The van der Waals surface area contributed by atoms with Crippen molar-refractivity contribution in [2.75, 3.05) is 5.73 Å². The molecular formula is C8H14N4S. The summed E-state index contributed by atoms with van der Waals surface area (Å²) >= 11 is 4.88. The number of nitrogens with zero attached hydrogens (tertiary/aromatic N) is 2. The van der Waals surface area contributed by atoms with E-state index in [0.717, 1.165) is 18.7 Å². The van der Waals surface area contributed by atoms with E-state index in [1.165, 1.54) is 0 Å². The van der Waals surface area contributed by atoms with Crippen LogP contribution in [-0.2, 0) is 0 Å². The van der Waals surface area contributed by atoms with Crippen molar-refractivity contribution in [1.29, 1.82) is 0 Å². The summed E-state index contributed by atoms with van der Waals surface area (Å²) in [5, 5.41) is 0. The molecule has 3 N–H and O–H groups in total. The van der Waals surface area contributed by atoms with Gasteiger partial charge in [0.2, 0.25) is 10.7 Å². The Bertz CT molecular complexity index is 329. The molecule has 0 aliphatic heterocycles. The van der Waals surface area contributed by atoms with Gasteiger partial charge in [0.15, 0.2) is 0 Å². The third kappa shape index (κ3) is 2.48. The van der Waals surface area contributed by atoms with Crippen molar-refractivity contribution < 1.29 is 0 Å². The number of aromatic amines is 1. The standard InChI is InChI=1S/C8H14N4S/c1-3-5(4-2)6-10-7(9)12-8(13)11-6/h5H,3-4H2,1-2H3,(H3,9,10,11,12,13). The highest BCUT2D eigenvalue weighted by molar-refractivity contribution is 7.71. The number of rotatable bonds is 3. The molecule has 1 heterocycles. The minimum absolute atomic E-state index is 0.318. The Morgan fingerprint density at radius 3 is 2.46 bits per heavy atom. The molecule has 0 aliphatic rings. The maximum Gasteiger partial charge on any atom is 0.224 e. The van der Waals surface area contributed by atoms with E-state index in [9.17, 15) is 0 Å². The fraction of sp³-hybridized carbons (Fsp3) is 0.625. The summed E-state index contributed by atoms with van der Waals surface area (Å²) in [6.07, 6.45) is 2.05. The molecule has 0 aromatic carbocycles. The predicted octanol–water partition coefficient (Wildman–Crippen LogP) is 2.02. The summed E-state index contributed by atoms with van der Waals surface area (Å²) in [6, 6.07) is 0. The second-order valence-electron chi connectivity index (χ2n) is 2.92. The van der Waals surface area contributed by atoms with Crippen LogP contribution in [0.15, 0.2) is 0 Å². The third-order valence-electron chi connectivity index (χ3n) is 2.06. The largest absolute Gasteiger partial charge is 0.369 e.